The van der Waals surface area contributed by atoms with E-state index in [9.17, 15) is 8.78 Å². The summed E-state index contributed by atoms with van der Waals surface area (Å²) in [5.41, 5.74) is 1.80. The van der Waals surface area contributed by atoms with Crippen LogP contribution in [0.2, 0.25) is 0 Å². The van der Waals surface area contributed by atoms with Crippen LogP contribution in [0.5, 0.6) is 5.75 Å². The van der Waals surface area contributed by atoms with Crippen LogP contribution < -0.4 is 10.1 Å². The normalized spacial score (nSPS) is 16.8. The first-order valence-electron chi connectivity index (χ1n) is 6.61. The number of rotatable bonds is 4. The number of hydrogen-bond donors (Lipinski definition) is 1. The largest absolute Gasteiger partial charge is 0.488 e. The van der Waals surface area contributed by atoms with Crippen LogP contribution in [-0.4, -0.2) is 12.6 Å². The molecule has 2 aromatic rings. The lowest BCUT2D eigenvalue weighted by molar-refractivity contribution is 0.227. The van der Waals surface area contributed by atoms with E-state index < -0.39 is 11.6 Å². The van der Waals surface area contributed by atoms with Gasteiger partial charge in [0.05, 0.1) is 0 Å². The maximum Gasteiger partial charge on any atom is 0.126 e. The zero-order valence-electron chi connectivity index (χ0n) is 10.9. The monoisotopic (exact) mass is 275 g/mol. The minimum Gasteiger partial charge on any atom is -0.488 e. The van der Waals surface area contributed by atoms with E-state index in [1.54, 1.807) is 0 Å². The molecular formula is C16H15F2NO. The predicted molar refractivity (Wildman–Crippen MR) is 72.6 cm³/mol. The van der Waals surface area contributed by atoms with Gasteiger partial charge in [-0.25, -0.2) is 8.78 Å². The van der Waals surface area contributed by atoms with E-state index in [2.05, 4.69) is 11.4 Å². The van der Waals surface area contributed by atoms with Gasteiger partial charge in [-0.05, 0) is 29.3 Å². The molecule has 3 rings (SSSR count). The van der Waals surface area contributed by atoms with Crippen molar-refractivity contribution in [2.75, 3.05) is 6.54 Å². The van der Waals surface area contributed by atoms with Gasteiger partial charge >= 0.3 is 0 Å². The Hall–Kier alpha value is -1.94. The number of para-hydroxylation sites is 1. The van der Waals surface area contributed by atoms with Crippen molar-refractivity contribution in [3.8, 4) is 5.75 Å². The standard InChI is InChI=1S/C16H15F2NO/c17-13-5-11(6-14(18)8-13)9-19-10-15-7-12-3-1-2-4-16(12)20-15/h1-6,8,15,19H,7,9-10H2. The fourth-order valence-electron chi connectivity index (χ4n) is 2.46. The van der Waals surface area contributed by atoms with Crippen LogP contribution in [0.25, 0.3) is 0 Å². The van der Waals surface area contributed by atoms with Crippen LogP contribution >= 0.6 is 0 Å². The average molecular weight is 275 g/mol. The molecule has 20 heavy (non-hydrogen) atoms. The summed E-state index contributed by atoms with van der Waals surface area (Å²) in [4.78, 5) is 0. The van der Waals surface area contributed by atoms with Crippen molar-refractivity contribution in [2.45, 2.75) is 19.1 Å². The molecule has 0 amide bonds. The zero-order chi connectivity index (χ0) is 13.9. The minimum atomic E-state index is -0.550. The molecule has 0 saturated carbocycles. The van der Waals surface area contributed by atoms with E-state index in [0.717, 1.165) is 18.2 Å². The van der Waals surface area contributed by atoms with Crippen molar-refractivity contribution >= 4 is 0 Å². The van der Waals surface area contributed by atoms with Crippen LogP contribution in [-0.2, 0) is 13.0 Å². The number of halogens is 2. The van der Waals surface area contributed by atoms with Crippen molar-refractivity contribution in [3.63, 3.8) is 0 Å². The first kappa shape index (κ1) is 13.1. The molecule has 104 valence electrons. The Morgan fingerprint density at radius 1 is 1.10 bits per heavy atom. The molecule has 1 unspecified atom stereocenters. The van der Waals surface area contributed by atoms with Gasteiger partial charge in [-0.2, -0.15) is 0 Å². The van der Waals surface area contributed by atoms with Gasteiger partial charge in [-0.15, -0.1) is 0 Å². The third-order valence-electron chi connectivity index (χ3n) is 3.34. The Kier molecular flexibility index (Phi) is 3.65. The smallest absolute Gasteiger partial charge is 0.126 e. The summed E-state index contributed by atoms with van der Waals surface area (Å²) in [6, 6.07) is 11.5. The molecule has 2 aromatic carbocycles. The molecule has 0 bridgehead atoms. The SMILES string of the molecule is Fc1cc(F)cc(CNCC2Cc3ccccc3O2)c1. The molecule has 1 aliphatic heterocycles. The van der Waals surface area contributed by atoms with Crippen molar-refractivity contribution in [2.24, 2.45) is 0 Å². The molecule has 0 saturated heterocycles. The lowest BCUT2D eigenvalue weighted by atomic mass is 10.1. The highest BCUT2D eigenvalue weighted by Gasteiger charge is 2.21. The number of fused-ring (bicyclic) bond motifs is 1. The molecule has 0 radical (unpaired) electrons. The van der Waals surface area contributed by atoms with Gasteiger partial charge in [0.15, 0.2) is 0 Å². The van der Waals surface area contributed by atoms with Crippen LogP contribution in [0.4, 0.5) is 8.78 Å². The van der Waals surface area contributed by atoms with Gasteiger partial charge in [0.1, 0.15) is 23.5 Å². The quantitative estimate of drug-likeness (QED) is 0.926. The Morgan fingerprint density at radius 3 is 2.60 bits per heavy atom. The van der Waals surface area contributed by atoms with Crippen molar-refractivity contribution in [3.05, 3.63) is 65.2 Å². The van der Waals surface area contributed by atoms with Crippen LogP contribution in [0, 0.1) is 11.6 Å². The Morgan fingerprint density at radius 2 is 1.85 bits per heavy atom. The fraction of sp³-hybridized carbons (Fsp3) is 0.250. The number of ether oxygens (including phenoxy) is 1. The first-order valence-corrected chi connectivity index (χ1v) is 6.61. The summed E-state index contributed by atoms with van der Waals surface area (Å²) in [6.07, 6.45) is 0.937. The molecule has 0 aromatic heterocycles. The molecule has 0 aliphatic carbocycles. The third-order valence-corrected chi connectivity index (χ3v) is 3.34. The molecular weight excluding hydrogens is 260 g/mol. The molecule has 0 spiro atoms. The van der Waals surface area contributed by atoms with Crippen LogP contribution in [0.15, 0.2) is 42.5 Å². The van der Waals surface area contributed by atoms with E-state index in [4.69, 9.17) is 4.74 Å². The number of nitrogens with one attached hydrogen (secondary N) is 1. The van der Waals surface area contributed by atoms with Gasteiger partial charge in [0.2, 0.25) is 0 Å². The maximum absolute atomic E-state index is 13.0. The topological polar surface area (TPSA) is 21.3 Å². The summed E-state index contributed by atoms with van der Waals surface area (Å²) in [6.45, 7) is 1.07. The van der Waals surface area contributed by atoms with Gasteiger partial charge in [0.25, 0.3) is 0 Å². The first-order chi connectivity index (χ1) is 9.70. The van der Waals surface area contributed by atoms with Crippen molar-refractivity contribution in [1.82, 2.24) is 5.32 Å². The van der Waals surface area contributed by atoms with Gasteiger partial charge in [-0.1, -0.05) is 18.2 Å². The van der Waals surface area contributed by atoms with Crippen molar-refractivity contribution < 1.29 is 13.5 Å². The van der Waals surface area contributed by atoms with E-state index in [1.165, 1.54) is 17.7 Å². The fourth-order valence-corrected chi connectivity index (χ4v) is 2.46. The summed E-state index contributed by atoms with van der Waals surface area (Å²) >= 11 is 0. The maximum atomic E-state index is 13.0. The summed E-state index contributed by atoms with van der Waals surface area (Å²) in [7, 11) is 0. The van der Waals surface area contributed by atoms with Crippen LogP contribution in [0.1, 0.15) is 11.1 Å². The van der Waals surface area contributed by atoms with E-state index in [-0.39, 0.29) is 6.10 Å². The zero-order valence-corrected chi connectivity index (χ0v) is 10.9. The third kappa shape index (κ3) is 2.96. The molecule has 4 heteroatoms. The second-order valence-corrected chi connectivity index (χ2v) is 4.96. The lowest BCUT2D eigenvalue weighted by Crippen LogP contribution is -2.29. The highest BCUT2D eigenvalue weighted by Crippen LogP contribution is 2.27. The summed E-state index contributed by atoms with van der Waals surface area (Å²) in [5, 5.41) is 3.17. The average Bonchev–Trinajstić information content (AvgIpc) is 2.80. The highest BCUT2D eigenvalue weighted by atomic mass is 19.1. The van der Waals surface area contributed by atoms with Crippen molar-refractivity contribution in [1.29, 1.82) is 0 Å². The summed E-state index contributed by atoms with van der Waals surface area (Å²) in [5.74, 6) is -0.172. The highest BCUT2D eigenvalue weighted by molar-refractivity contribution is 5.37. The second-order valence-electron chi connectivity index (χ2n) is 4.96. The number of benzene rings is 2. The van der Waals surface area contributed by atoms with Crippen LogP contribution in [0.3, 0.4) is 0 Å². The number of hydrogen-bond acceptors (Lipinski definition) is 2. The molecule has 0 fully saturated rings. The molecule has 1 aliphatic rings. The molecule has 1 N–H and O–H groups in total. The molecule has 1 atom stereocenters. The Balaban J connectivity index is 1.52. The summed E-state index contributed by atoms with van der Waals surface area (Å²) < 4.78 is 31.9. The Bertz CT molecular complexity index is 570. The van der Waals surface area contributed by atoms with Gasteiger partial charge in [0, 0.05) is 25.6 Å². The van der Waals surface area contributed by atoms with Gasteiger partial charge in [-0.3, -0.25) is 0 Å². The van der Waals surface area contributed by atoms with Gasteiger partial charge < -0.3 is 10.1 Å². The van der Waals surface area contributed by atoms with E-state index in [1.807, 2.05) is 18.2 Å². The predicted octanol–water partition coefficient (Wildman–Crippen LogP) is 3.06. The molecule has 1 heterocycles. The molecule has 2 nitrogen and oxygen atoms in total. The minimum absolute atomic E-state index is 0.0748. The lowest BCUT2D eigenvalue weighted by Gasteiger charge is -2.12. The van der Waals surface area contributed by atoms with E-state index >= 15 is 0 Å². The Labute approximate surface area is 116 Å². The second kappa shape index (κ2) is 5.59. The van der Waals surface area contributed by atoms with E-state index in [0.29, 0.717) is 18.7 Å².